The molecule has 2 N–H and O–H groups in total. The first-order valence-electron chi connectivity index (χ1n) is 5.38. The Morgan fingerprint density at radius 3 is 2.89 bits per heavy atom. The fourth-order valence-electron chi connectivity index (χ4n) is 1.82. The minimum Gasteiger partial charge on any atom is -0.368 e. The average Bonchev–Trinajstić information content (AvgIpc) is 2.33. The summed E-state index contributed by atoms with van der Waals surface area (Å²) < 4.78 is 0. The SMILES string of the molecule is CC1Sc2cc(C=O)ccc2N(CC(N)=O)C1=O. The second kappa shape index (κ2) is 4.81. The Balaban J connectivity index is 2.46. The first-order valence-corrected chi connectivity index (χ1v) is 6.26. The third-order valence-electron chi connectivity index (χ3n) is 2.64. The Morgan fingerprint density at radius 2 is 2.28 bits per heavy atom. The molecule has 1 unspecified atom stereocenters. The lowest BCUT2D eigenvalue weighted by Crippen LogP contribution is -2.44. The number of benzene rings is 1. The molecule has 18 heavy (non-hydrogen) atoms. The van der Waals surface area contributed by atoms with Crippen molar-refractivity contribution in [3.05, 3.63) is 23.8 Å². The van der Waals surface area contributed by atoms with E-state index in [0.29, 0.717) is 11.3 Å². The largest absolute Gasteiger partial charge is 0.368 e. The van der Waals surface area contributed by atoms with Gasteiger partial charge in [0.15, 0.2) is 0 Å². The number of thioether (sulfide) groups is 1. The molecule has 5 nitrogen and oxygen atoms in total. The summed E-state index contributed by atoms with van der Waals surface area (Å²) in [6, 6.07) is 4.99. The van der Waals surface area contributed by atoms with Crippen LogP contribution in [0.2, 0.25) is 0 Å². The van der Waals surface area contributed by atoms with E-state index in [0.717, 1.165) is 11.2 Å². The van der Waals surface area contributed by atoms with Gasteiger partial charge in [-0.05, 0) is 25.1 Å². The molecule has 1 aromatic carbocycles. The predicted molar refractivity (Wildman–Crippen MR) is 68.7 cm³/mol. The number of aldehydes is 1. The molecule has 1 aliphatic heterocycles. The van der Waals surface area contributed by atoms with Crippen LogP contribution in [0.25, 0.3) is 0 Å². The van der Waals surface area contributed by atoms with E-state index in [4.69, 9.17) is 5.73 Å². The van der Waals surface area contributed by atoms with Gasteiger partial charge in [0.2, 0.25) is 11.8 Å². The Hall–Kier alpha value is -1.82. The maximum absolute atomic E-state index is 12.0. The molecule has 2 rings (SSSR count). The first kappa shape index (κ1) is 12.6. The highest BCUT2D eigenvalue weighted by atomic mass is 32.2. The Bertz CT molecular complexity index is 530. The number of amides is 2. The van der Waals surface area contributed by atoms with Crippen LogP contribution in [0, 0.1) is 0 Å². The summed E-state index contributed by atoms with van der Waals surface area (Å²) in [6.07, 6.45) is 0.750. The minimum atomic E-state index is -0.562. The number of hydrogen-bond donors (Lipinski definition) is 1. The van der Waals surface area contributed by atoms with Crippen LogP contribution < -0.4 is 10.6 Å². The van der Waals surface area contributed by atoms with E-state index in [1.165, 1.54) is 16.7 Å². The third kappa shape index (κ3) is 2.24. The van der Waals surface area contributed by atoms with Gasteiger partial charge in [0.05, 0.1) is 10.9 Å². The summed E-state index contributed by atoms with van der Waals surface area (Å²) in [6.45, 7) is 1.62. The highest BCUT2D eigenvalue weighted by molar-refractivity contribution is 8.01. The Morgan fingerprint density at radius 1 is 1.56 bits per heavy atom. The van der Waals surface area contributed by atoms with Crippen LogP contribution in [0.1, 0.15) is 17.3 Å². The van der Waals surface area contributed by atoms with Gasteiger partial charge >= 0.3 is 0 Å². The van der Waals surface area contributed by atoms with Gasteiger partial charge in [-0.15, -0.1) is 11.8 Å². The van der Waals surface area contributed by atoms with Crippen molar-refractivity contribution in [3.63, 3.8) is 0 Å². The zero-order valence-corrected chi connectivity index (χ0v) is 10.6. The quantitative estimate of drug-likeness (QED) is 0.819. The highest BCUT2D eigenvalue weighted by Crippen LogP contribution is 2.39. The minimum absolute atomic E-state index is 0.142. The lowest BCUT2D eigenvalue weighted by atomic mass is 10.2. The van der Waals surface area contributed by atoms with Crippen LogP contribution in [0.15, 0.2) is 23.1 Å². The Labute approximate surface area is 108 Å². The van der Waals surface area contributed by atoms with Gasteiger partial charge < -0.3 is 10.6 Å². The maximum atomic E-state index is 12.0. The summed E-state index contributed by atoms with van der Waals surface area (Å²) in [5, 5.41) is -0.293. The molecular formula is C12H12N2O3S. The third-order valence-corrected chi connectivity index (χ3v) is 3.78. The van der Waals surface area contributed by atoms with Crippen LogP contribution in [0.3, 0.4) is 0 Å². The van der Waals surface area contributed by atoms with E-state index in [-0.39, 0.29) is 17.7 Å². The molecule has 1 aromatic rings. The van der Waals surface area contributed by atoms with Gasteiger partial charge in [0.1, 0.15) is 12.8 Å². The molecule has 0 radical (unpaired) electrons. The standard InChI is InChI=1S/C12H12N2O3S/c1-7-12(17)14(5-11(13)16)9-3-2-8(6-15)4-10(9)18-7/h2-4,6-7H,5H2,1H3,(H2,13,16). The van der Waals surface area contributed by atoms with Crippen molar-refractivity contribution in [2.75, 3.05) is 11.4 Å². The number of hydrogen-bond acceptors (Lipinski definition) is 4. The van der Waals surface area contributed by atoms with Crippen molar-refractivity contribution in [2.24, 2.45) is 5.73 Å². The zero-order chi connectivity index (χ0) is 13.3. The molecule has 2 amide bonds. The smallest absolute Gasteiger partial charge is 0.240 e. The highest BCUT2D eigenvalue weighted by Gasteiger charge is 2.31. The van der Waals surface area contributed by atoms with Crippen molar-refractivity contribution < 1.29 is 14.4 Å². The summed E-state index contributed by atoms with van der Waals surface area (Å²) in [5.41, 5.74) is 6.32. The van der Waals surface area contributed by atoms with Gasteiger partial charge in [0, 0.05) is 10.5 Å². The first-order chi connectivity index (χ1) is 8.52. The summed E-state index contributed by atoms with van der Waals surface area (Å²) >= 11 is 1.38. The van der Waals surface area contributed by atoms with Crippen molar-refractivity contribution in [1.82, 2.24) is 0 Å². The molecule has 0 saturated carbocycles. The number of anilines is 1. The van der Waals surface area contributed by atoms with Gasteiger partial charge in [0.25, 0.3) is 0 Å². The van der Waals surface area contributed by atoms with Gasteiger partial charge in [-0.3, -0.25) is 14.4 Å². The number of carbonyl (C=O) groups excluding carboxylic acids is 3. The van der Waals surface area contributed by atoms with Crippen molar-refractivity contribution in [2.45, 2.75) is 17.1 Å². The normalized spacial score (nSPS) is 18.4. The van der Waals surface area contributed by atoms with Crippen molar-refractivity contribution in [1.29, 1.82) is 0 Å². The van der Waals surface area contributed by atoms with E-state index in [9.17, 15) is 14.4 Å². The van der Waals surface area contributed by atoms with E-state index in [2.05, 4.69) is 0 Å². The lowest BCUT2D eigenvalue weighted by Gasteiger charge is -2.31. The predicted octanol–water partition coefficient (Wildman–Crippen LogP) is 0.812. The van der Waals surface area contributed by atoms with E-state index >= 15 is 0 Å². The number of rotatable bonds is 3. The average molecular weight is 264 g/mol. The molecule has 1 heterocycles. The summed E-state index contributed by atoms with van der Waals surface area (Å²) in [7, 11) is 0. The van der Waals surface area contributed by atoms with Crippen LogP contribution in [-0.2, 0) is 9.59 Å². The molecule has 6 heteroatoms. The molecule has 0 spiro atoms. The molecule has 0 fully saturated rings. The monoisotopic (exact) mass is 264 g/mol. The molecule has 1 aliphatic rings. The van der Waals surface area contributed by atoms with Crippen LogP contribution >= 0.6 is 11.8 Å². The second-order valence-electron chi connectivity index (χ2n) is 4.00. The topological polar surface area (TPSA) is 80.5 Å². The molecule has 0 saturated heterocycles. The fraction of sp³-hybridized carbons (Fsp3) is 0.250. The Kier molecular flexibility index (Phi) is 3.38. The van der Waals surface area contributed by atoms with E-state index in [1.807, 2.05) is 0 Å². The van der Waals surface area contributed by atoms with Crippen LogP contribution in [0.4, 0.5) is 5.69 Å². The lowest BCUT2D eigenvalue weighted by molar-refractivity contribution is -0.122. The van der Waals surface area contributed by atoms with Crippen LogP contribution in [0.5, 0.6) is 0 Å². The number of carbonyl (C=O) groups is 3. The van der Waals surface area contributed by atoms with Gasteiger partial charge in [-0.1, -0.05) is 0 Å². The van der Waals surface area contributed by atoms with E-state index < -0.39 is 5.91 Å². The number of nitrogens with two attached hydrogens (primary N) is 1. The van der Waals surface area contributed by atoms with Gasteiger partial charge in [-0.2, -0.15) is 0 Å². The molecule has 0 aliphatic carbocycles. The van der Waals surface area contributed by atoms with Crippen LogP contribution in [-0.4, -0.2) is 29.9 Å². The molecule has 0 bridgehead atoms. The maximum Gasteiger partial charge on any atom is 0.240 e. The number of nitrogens with zero attached hydrogens (tertiary/aromatic N) is 1. The zero-order valence-electron chi connectivity index (χ0n) is 9.75. The molecule has 94 valence electrons. The molecular weight excluding hydrogens is 252 g/mol. The van der Waals surface area contributed by atoms with Crippen molar-refractivity contribution >= 4 is 35.5 Å². The molecule has 1 atom stereocenters. The van der Waals surface area contributed by atoms with Gasteiger partial charge in [-0.25, -0.2) is 0 Å². The number of primary amides is 1. The van der Waals surface area contributed by atoms with E-state index in [1.54, 1.807) is 25.1 Å². The molecule has 0 aromatic heterocycles. The summed E-state index contributed by atoms with van der Waals surface area (Å²) in [4.78, 5) is 35.9. The summed E-state index contributed by atoms with van der Waals surface area (Å²) in [5.74, 6) is -0.710. The second-order valence-corrected chi connectivity index (χ2v) is 5.38. The van der Waals surface area contributed by atoms with Crippen molar-refractivity contribution in [3.8, 4) is 0 Å². The fourth-order valence-corrected chi connectivity index (χ4v) is 2.93. The number of fused-ring (bicyclic) bond motifs is 1.